The lowest BCUT2D eigenvalue weighted by Crippen LogP contribution is -2.53. The van der Waals surface area contributed by atoms with Crippen LogP contribution in [0.3, 0.4) is 0 Å². The van der Waals surface area contributed by atoms with Crippen molar-refractivity contribution < 1.29 is 23.4 Å². The van der Waals surface area contributed by atoms with Crippen LogP contribution in [0.1, 0.15) is 66.4 Å². The summed E-state index contributed by atoms with van der Waals surface area (Å²) < 4.78 is 24.5. The summed E-state index contributed by atoms with van der Waals surface area (Å²) in [5.41, 5.74) is 0.978. The number of esters is 1. The van der Waals surface area contributed by atoms with E-state index in [0.717, 1.165) is 24.8 Å². The standard InChI is InChI=1S/C27H44O5Si/c1-20-18-24(32-33(7,8)27(4,5)6)26(31-22(20)3)30-21(2)14-12-13-17-25(28)29-19-23-15-10-9-11-16-23/h9-11,13,15-17,20-22,24,26H,12,14,18-19H2,1-8H3/b17-13+/t20-,21-,22+,24-,26-/m1/s1. The van der Waals surface area contributed by atoms with Gasteiger partial charge in [0.25, 0.3) is 0 Å². The SMILES string of the molecule is C[C@H](CC/C=C/C(=O)OCc1ccccc1)O[C@@H]1O[C@@H](C)[C@H](C)C[C@H]1O[Si](C)(C)C(C)(C)C. The van der Waals surface area contributed by atoms with E-state index in [2.05, 4.69) is 54.6 Å². The highest BCUT2D eigenvalue weighted by Gasteiger charge is 2.44. The smallest absolute Gasteiger partial charge is 0.330 e. The molecule has 0 unspecified atom stereocenters. The molecule has 1 fully saturated rings. The summed E-state index contributed by atoms with van der Waals surface area (Å²) in [6.45, 7) is 18.0. The molecule has 2 rings (SSSR count). The molecule has 0 aromatic heterocycles. The van der Waals surface area contributed by atoms with Gasteiger partial charge in [0.1, 0.15) is 6.61 Å². The molecule has 33 heavy (non-hydrogen) atoms. The quantitative estimate of drug-likeness (QED) is 0.215. The van der Waals surface area contributed by atoms with Crippen molar-refractivity contribution in [1.82, 2.24) is 0 Å². The molecule has 1 aromatic carbocycles. The topological polar surface area (TPSA) is 54.0 Å². The zero-order chi connectivity index (χ0) is 24.6. The van der Waals surface area contributed by atoms with Gasteiger partial charge in [-0.15, -0.1) is 0 Å². The molecule has 5 atom stereocenters. The Bertz CT molecular complexity index is 756. The summed E-state index contributed by atoms with van der Waals surface area (Å²) >= 11 is 0. The first-order valence-electron chi connectivity index (χ1n) is 12.2. The number of allylic oxidation sites excluding steroid dienone is 1. The zero-order valence-corrected chi connectivity index (χ0v) is 22.8. The Hall–Kier alpha value is -1.47. The molecule has 0 N–H and O–H groups in total. The molecular formula is C27H44O5Si. The van der Waals surface area contributed by atoms with Crippen molar-refractivity contribution in [1.29, 1.82) is 0 Å². The summed E-state index contributed by atoms with van der Waals surface area (Å²) in [4.78, 5) is 11.9. The van der Waals surface area contributed by atoms with E-state index >= 15 is 0 Å². The third-order valence-electron chi connectivity index (χ3n) is 6.89. The summed E-state index contributed by atoms with van der Waals surface area (Å²) in [5, 5.41) is 0.134. The molecule has 1 aliphatic heterocycles. The fraction of sp³-hybridized carbons (Fsp3) is 0.667. The summed E-state index contributed by atoms with van der Waals surface area (Å²) in [6.07, 6.45) is 5.53. The van der Waals surface area contributed by atoms with Gasteiger partial charge in [-0.05, 0) is 62.7 Å². The highest BCUT2D eigenvalue weighted by Crippen LogP contribution is 2.40. The summed E-state index contributed by atoms with van der Waals surface area (Å²) in [5.74, 6) is 0.105. The monoisotopic (exact) mass is 476 g/mol. The van der Waals surface area contributed by atoms with E-state index in [1.807, 2.05) is 36.4 Å². The number of hydrogen-bond acceptors (Lipinski definition) is 5. The van der Waals surface area contributed by atoms with Crippen LogP contribution < -0.4 is 0 Å². The summed E-state index contributed by atoms with van der Waals surface area (Å²) in [6, 6.07) is 9.68. The first kappa shape index (κ1) is 27.8. The van der Waals surface area contributed by atoms with Crippen LogP contribution in [-0.2, 0) is 30.0 Å². The van der Waals surface area contributed by atoms with Crippen molar-refractivity contribution >= 4 is 14.3 Å². The zero-order valence-electron chi connectivity index (χ0n) is 21.8. The van der Waals surface area contributed by atoms with Gasteiger partial charge in [-0.25, -0.2) is 4.79 Å². The lowest BCUT2D eigenvalue weighted by Gasteiger charge is -2.45. The molecule has 0 amide bonds. The predicted octanol–water partition coefficient (Wildman–Crippen LogP) is 6.63. The molecule has 6 heteroatoms. The molecule has 0 bridgehead atoms. The first-order valence-corrected chi connectivity index (χ1v) is 15.2. The van der Waals surface area contributed by atoms with Gasteiger partial charge in [-0.1, -0.05) is 64.1 Å². The number of carbonyl (C=O) groups is 1. The van der Waals surface area contributed by atoms with E-state index in [0.29, 0.717) is 5.92 Å². The maximum Gasteiger partial charge on any atom is 0.330 e. The second kappa shape index (κ2) is 12.3. The van der Waals surface area contributed by atoms with E-state index in [9.17, 15) is 4.79 Å². The third-order valence-corrected chi connectivity index (χ3v) is 11.4. The Morgan fingerprint density at radius 2 is 1.88 bits per heavy atom. The minimum absolute atomic E-state index is 0.00823. The molecule has 1 saturated heterocycles. The number of hydrogen-bond donors (Lipinski definition) is 0. The van der Waals surface area contributed by atoms with Crippen LogP contribution in [0.5, 0.6) is 0 Å². The number of carbonyl (C=O) groups excluding carboxylic acids is 1. The van der Waals surface area contributed by atoms with E-state index in [1.54, 1.807) is 0 Å². The maximum atomic E-state index is 11.9. The van der Waals surface area contributed by atoms with Crippen LogP contribution in [0.15, 0.2) is 42.5 Å². The molecule has 0 spiro atoms. The van der Waals surface area contributed by atoms with Crippen molar-refractivity contribution in [3.8, 4) is 0 Å². The Morgan fingerprint density at radius 3 is 2.52 bits per heavy atom. The van der Waals surface area contributed by atoms with Crippen molar-refractivity contribution in [2.24, 2.45) is 5.92 Å². The minimum atomic E-state index is -1.94. The van der Waals surface area contributed by atoms with Crippen molar-refractivity contribution in [2.45, 2.75) is 110 Å². The molecule has 1 aliphatic rings. The van der Waals surface area contributed by atoms with E-state index in [1.165, 1.54) is 6.08 Å². The normalized spacial score (nSPS) is 25.2. The van der Waals surface area contributed by atoms with Crippen LogP contribution in [0.25, 0.3) is 0 Å². The van der Waals surface area contributed by atoms with Gasteiger partial charge in [-0.3, -0.25) is 0 Å². The second-order valence-corrected chi connectivity index (χ2v) is 15.6. The Kier molecular flexibility index (Phi) is 10.3. The predicted molar refractivity (Wildman–Crippen MR) is 135 cm³/mol. The molecule has 0 saturated carbocycles. The number of ether oxygens (including phenoxy) is 3. The molecule has 0 aliphatic carbocycles. The van der Waals surface area contributed by atoms with Gasteiger partial charge in [0.2, 0.25) is 0 Å². The van der Waals surface area contributed by atoms with E-state index in [-0.39, 0.29) is 42.2 Å². The minimum Gasteiger partial charge on any atom is -0.458 e. The Labute approximate surface area is 202 Å². The fourth-order valence-corrected chi connectivity index (χ4v) is 4.78. The first-order chi connectivity index (χ1) is 15.4. The maximum absolute atomic E-state index is 11.9. The fourth-order valence-electron chi connectivity index (χ4n) is 3.47. The lowest BCUT2D eigenvalue weighted by atomic mass is 9.95. The lowest BCUT2D eigenvalue weighted by molar-refractivity contribution is -0.259. The summed E-state index contributed by atoms with van der Waals surface area (Å²) in [7, 11) is -1.94. The van der Waals surface area contributed by atoms with E-state index < -0.39 is 8.32 Å². The van der Waals surface area contributed by atoms with Crippen LogP contribution in [0.4, 0.5) is 0 Å². The van der Waals surface area contributed by atoms with Gasteiger partial charge in [0.05, 0.1) is 18.3 Å². The highest BCUT2D eigenvalue weighted by molar-refractivity contribution is 6.74. The molecule has 1 heterocycles. The van der Waals surface area contributed by atoms with Gasteiger partial charge in [0, 0.05) is 6.08 Å². The third kappa shape index (κ3) is 9.00. The average Bonchev–Trinajstić information content (AvgIpc) is 2.73. The van der Waals surface area contributed by atoms with Gasteiger partial charge < -0.3 is 18.6 Å². The largest absolute Gasteiger partial charge is 0.458 e. The van der Waals surface area contributed by atoms with Crippen molar-refractivity contribution in [3.63, 3.8) is 0 Å². The van der Waals surface area contributed by atoms with Crippen LogP contribution in [0, 0.1) is 5.92 Å². The Morgan fingerprint density at radius 1 is 1.21 bits per heavy atom. The number of benzene rings is 1. The highest BCUT2D eigenvalue weighted by atomic mass is 28.4. The Balaban J connectivity index is 1.82. The van der Waals surface area contributed by atoms with Crippen molar-refractivity contribution in [2.75, 3.05) is 0 Å². The van der Waals surface area contributed by atoms with Gasteiger partial charge >= 0.3 is 5.97 Å². The van der Waals surface area contributed by atoms with Crippen LogP contribution >= 0.6 is 0 Å². The second-order valence-electron chi connectivity index (χ2n) is 10.9. The molecule has 0 radical (unpaired) electrons. The average molecular weight is 477 g/mol. The van der Waals surface area contributed by atoms with Crippen molar-refractivity contribution in [3.05, 3.63) is 48.0 Å². The molecule has 186 valence electrons. The molecular weight excluding hydrogens is 432 g/mol. The van der Waals surface area contributed by atoms with E-state index in [4.69, 9.17) is 18.6 Å². The van der Waals surface area contributed by atoms with Crippen LogP contribution in [-0.4, -0.2) is 38.9 Å². The number of rotatable bonds is 10. The van der Waals surface area contributed by atoms with Gasteiger partial charge in [-0.2, -0.15) is 0 Å². The molecule has 5 nitrogen and oxygen atoms in total. The van der Waals surface area contributed by atoms with Gasteiger partial charge in [0.15, 0.2) is 14.6 Å². The van der Waals surface area contributed by atoms with Crippen LogP contribution in [0.2, 0.25) is 18.1 Å². The molecule has 1 aromatic rings.